The first-order valence-electron chi connectivity index (χ1n) is 9.00. The van der Waals surface area contributed by atoms with Crippen molar-refractivity contribution in [3.63, 3.8) is 0 Å². The van der Waals surface area contributed by atoms with Gasteiger partial charge in [0.2, 0.25) is 5.91 Å². The summed E-state index contributed by atoms with van der Waals surface area (Å²) in [6, 6.07) is 12.2. The number of thiophene rings is 1. The molecule has 1 aliphatic carbocycles. The quantitative estimate of drug-likeness (QED) is 0.705. The van der Waals surface area contributed by atoms with Crippen LogP contribution in [0.15, 0.2) is 60.3 Å². The third kappa shape index (κ3) is 3.87. The van der Waals surface area contributed by atoms with Crippen molar-refractivity contribution in [2.45, 2.75) is 31.6 Å². The van der Waals surface area contributed by atoms with Crippen molar-refractivity contribution in [3.05, 3.63) is 69.5 Å². The highest BCUT2D eigenvalue weighted by Gasteiger charge is 2.19. The zero-order valence-electron chi connectivity index (χ0n) is 14.5. The number of halogens is 1. The minimum Gasteiger partial charge on any atom is -0.356 e. The topological polar surface area (TPSA) is 32.3 Å². The molecule has 1 aromatic carbocycles. The third-order valence-electron chi connectivity index (χ3n) is 4.85. The van der Waals surface area contributed by atoms with Gasteiger partial charge in [0, 0.05) is 40.8 Å². The van der Waals surface area contributed by atoms with E-state index in [9.17, 15) is 4.79 Å². The first kappa shape index (κ1) is 17.4. The molecule has 0 bridgehead atoms. The van der Waals surface area contributed by atoms with Crippen molar-refractivity contribution >= 4 is 40.2 Å². The van der Waals surface area contributed by atoms with E-state index >= 15 is 0 Å². The predicted molar refractivity (Wildman–Crippen MR) is 110 cm³/mol. The second kappa shape index (κ2) is 7.68. The summed E-state index contributed by atoms with van der Waals surface area (Å²) in [7, 11) is 0. The molecular weight excluding hydrogens is 364 g/mol. The highest BCUT2D eigenvalue weighted by atomic mass is 35.5. The highest BCUT2D eigenvalue weighted by molar-refractivity contribution is 7.16. The average Bonchev–Trinajstić information content (AvgIpc) is 3.10. The first-order valence-corrected chi connectivity index (χ1v) is 10.2. The summed E-state index contributed by atoms with van der Waals surface area (Å²) in [5.41, 5.74) is 3.13. The molecule has 1 aromatic heterocycles. The Morgan fingerprint density at radius 2 is 1.96 bits per heavy atom. The van der Waals surface area contributed by atoms with E-state index in [0.717, 1.165) is 47.2 Å². The van der Waals surface area contributed by atoms with Crippen molar-refractivity contribution in [3.8, 4) is 0 Å². The number of benzene rings is 1. The second-order valence-corrected chi connectivity index (χ2v) is 8.42. The van der Waals surface area contributed by atoms with Gasteiger partial charge in [-0.2, -0.15) is 0 Å². The molecule has 0 spiro atoms. The van der Waals surface area contributed by atoms with Crippen LogP contribution in [-0.4, -0.2) is 12.5 Å². The van der Waals surface area contributed by atoms with Gasteiger partial charge in [-0.1, -0.05) is 23.8 Å². The second-order valence-electron chi connectivity index (χ2n) is 6.68. The van der Waals surface area contributed by atoms with Gasteiger partial charge >= 0.3 is 0 Å². The van der Waals surface area contributed by atoms with Crippen LogP contribution in [0.5, 0.6) is 0 Å². The maximum absolute atomic E-state index is 12.0. The van der Waals surface area contributed by atoms with E-state index in [0.29, 0.717) is 12.3 Å². The summed E-state index contributed by atoms with van der Waals surface area (Å²) in [6.45, 7) is 0.827. The lowest BCUT2D eigenvalue weighted by Crippen LogP contribution is -2.35. The molecule has 0 radical (unpaired) electrons. The van der Waals surface area contributed by atoms with Crippen LogP contribution >= 0.6 is 22.9 Å². The van der Waals surface area contributed by atoms with E-state index in [-0.39, 0.29) is 5.91 Å². The maximum atomic E-state index is 12.0. The van der Waals surface area contributed by atoms with Crippen LogP contribution in [0.1, 0.15) is 36.5 Å². The molecule has 4 rings (SSSR count). The molecule has 2 aromatic rings. The zero-order chi connectivity index (χ0) is 17.9. The molecule has 1 aliphatic heterocycles. The predicted octanol–water partition coefficient (Wildman–Crippen LogP) is 5.96. The van der Waals surface area contributed by atoms with E-state index in [1.807, 2.05) is 35.2 Å². The van der Waals surface area contributed by atoms with E-state index in [2.05, 4.69) is 29.6 Å². The smallest absolute Gasteiger partial charge is 0.226 e. The van der Waals surface area contributed by atoms with E-state index in [4.69, 9.17) is 11.6 Å². The molecule has 3 nitrogen and oxygen atoms in total. The third-order valence-corrected chi connectivity index (χ3v) is 6.21. The lowest BCUT2D eigenvalue weighted by molar-refractivity contribution is -0.119. The fourth-order valence-corrected chi connectivity index (χ4v) is 4.58. The number of nitrogens with one attached hydrogen (secondary N) is 1. The Labute approximate surface area is 163 Å². The van der Waals surface area contributed by atoms with Gasteiger partial charge in [0.1, 0.15) is 0 Å². The minimum absolute atomic E-state index is 0.231. The Kier molecular flexibility index (Phi) is 5.14. The van der Waals surface area contributed by atoms with E-state index in [1.165, 1.54) is 4.88 Å². The summed E-state index contributed by atoms with van der Waals surface area (Å²) in [4.78, 5) is 15.2. The number of piperidine rings is 1. The molecule has 1 fully saturated rings. The van der Waals surface area contributed by atoms with Crippen molar-refractivity contribution in [2.24, 2.45) is 0 Å². The largest absolute Gasteiger partial charge is 0.356 e. The molecule has 1 saturated heterocycles. The number of carbonyl (C=O) groups is 1. The molecule has 1 atom stereocenters. The average molecular weight is 385 g/mol. The van der Waals surface area contributed by atoms with Gasteiger partial charge in [-0.3, -0.25) is 4.79 Å². The molecule has 134 valence electrons. The van der Waals surface area contributed by atoms with Crippen LogP contribution in [0.3, 0.4) is 0 Å². The molecule has 0 saturated carbocycles. The Bertz CT molecular complexity index is 853. The van der Waals surface area contributed by atoms with Crippen molar-refractivity contribution in [2.75, 3.05) is 16.8 Å². The van der Waals surface area contributed by atoms with Crippen molar-refractivity contribution in [1.82, 2.24) is 0 Å². The summed E-state index contributed by atoms with van der Waals surface area (Å²) in [6.07, 6.45) is 10.3. The van der Waals surface area contributed by atoms with Crippen LogP contribution in [-0.2, 0) is 4.79 Å². The number of anilines is 2. The van der Waals surface area contributed by atoms with Gasteiger partial charge in [0.05, 0.1) is 4.34 Å². The molecule has 2 aliphatic rings. The van der Waals surface area contributed by atoms with Gasteiger partial charge in [-0.15, -0.1) is 11.3 Å². The van der Waals surface area contributed by atoms with E-state index < -0.39 is 0 Å². The summed E-state index contributed by atoms with van der Waals surface area (Å²) in [5, 5.41) is 3.45. The Morgan fingerprint density at radius 1 is 1.12 bits per heavy atom. The minimum atomic E-state index is 0.231. The normalized spacial score (nSPS) is 20.2. The summed E-state index contributed by atoms with van der Waals surface area (Å²) >= 11 is 7.68. The van der Waals surface area contributed by atoms with Crippen LogP contribution in [0, 0.1) is 0 Å². The van der Waals surface area contributed by atoms with Gasteiger partial charge < -0.3 is 10.2 Å². The Morgan fingerprint density at radius 3 is 2.62 bits per heavy atom. The Hall–Kier alpha value is -2.04. The molecule has 2 heterocycles. The SMILES string of the molecule is O=C1CCCCN1c1ccc(NC2=CCC(c3ccc(Cl)s3)C=C2)cc1. The number of amides is 1. The number of allylic oxidation sites excluding steroid dienone is 3. The van der Waals surface area contributed by atoms with Gasteiger partial charge in [-0.25, -0.2) is 0 Å². The molecule has 1 unspecified atom stereocenters. The fourth-order valence-electron chi connectivity index (χ4n) is 3.42. The highest BCUT2D eigenvalue weighted by Crippen LogP contribution is 2.34. The lowest BCUT2D eigenvalue weighted by Gasteiger charge is -2.27. The molecule has 26 heavy (non-hydrogen) atoms. The van der Waals surface area contributed by atoms with Crippen LogP contribution < -0.4 is 10.2 Å². The van der Waals surface area contributed by atoms with E-state index in [1.54, 1.807) is 11.3 Å². The van der Waals surface area contributed by atoms with Gasteiger partial charge in [0.25, 0.3) is 0 Å². The van der Waals surface area contributed by atoms with Crippen LogP contribution in [0.2, 0.25) is 4.34 Å². The summed E-state index contributed by atoms with van der Waals surface area (Å²) < 4.78 is 0.841. The number of hydrogen-bond donors (Lipinski definition) is 1. The van der Waals surface area contributed by atoms with Gasteiger partial charge in [-0.05, 0) is 61.7 Å². The van der Waals surface area contributed by atoms with Crippen LogP contribution in [0.25, 0.3) is 0 Å². The van der Waals surface area contributed by atoms with Gasteiger partial charge in [0.15, 0.2) is 0 Å². The molecule has 1 amide bonds. The van der Waals surface area contributed by atoms with Crippen molar-refractivity contribution < 1.29 is 4.79 Å². The number of nitrogens with zero attached hydrogens (tertiary/aromatic N) is 1. The Balaban J connectivity index is 1.38. The molecule has 5 heteroatoms. The maximum Gasteiger partial charge on any atom is 0.226 e. The van der Waals surface area contributed by atoms with Crippen molar-refractivity contribution in [1.29, 1.82) is 0 Å². The first-order chi connectivity index (χ1) is 12.7. The lowest BCUT2D eigenvalue weighted by atomic mass is 9.98. The molecular formula is C21H21ClN2OS. The number of carbonyl (C=O) groups excluding carboxylic acids is 1. The monoisotopic (exact) mass is 384 g/mol. The zero-order valence-corrected chi connectivity index (χ0v) is 16.0. The van der Waals surface area contributed by atoms with Crippen LogP contribution in [0.4, 0.5) is 11.4 Å². The standard InChI is InChI=1S/C21H21ClN2OS/c22-20-13-12-19(26-20)15-4-6-16(7-5-15)23-17-8-10-18(11-9-17)24-14-2-1-3-21(24)25/h4,6-13,15,23H,1-3,5,14H2. The number of rotatable bonds is 4. The summed E-state index contributed by atoms with van der Waals surface area (Å²) in [5.74, 6) is 0.639. The number of hydrogen-bond acceptors (Lipinski definition) is 3. The fraction of sp³-hybridized carbons (Fsp3) is 0.286. The molecule has 1 N–H and O–H groups in total.